The van der Waals surface area contributed by atoms with Crippen LogP contribution in [0.1, 0.15) is 35.2 Å². The molecule has 9 nitrogen and oxygen atoms in total. The second-order valence-corrected chi connectivity index (χ2v) is 7.87. The number of halogens is 3. The summed E-state index contributed by atoms with van der Waals surface area (Å²) in [6.45, 7) is 1.61. The van der Waals surface area contributed by atoms with Crippen molar-refractivity contribution in [1.29, 1.82) is 10.7 Å². The molecular formula is C24H23F3N6O3. The van der Waals surface area contributed by atoms with Crippen molar-refractivity contribution >= 4 is 23.6 Å². The van der Waals surface area contributed by atoms with E-state index >= 15 is 0 Å². The zero-order valence-electron chi connectivity index (χ0n) is 19.4. The summed E-state index contributed by atoms with van der Waals surface area (Å²) in [6.07, 6.45) is -4.39. The van der Waals surface area contributed by atoms with Crippen molar-refractivity contribution < 1.29 is 27.5 Å². The summed E-state index contributed by atoms with van der Waals surface area (Å²) in [4.78, 5) is 27.5. The zero-order chi connectivity index (χ0) is 26.8. The van der Waals surface area contributed by atoms with E-state index in [1.807, 2.05) is 6.07 Å². The van der Waals surface area contributed by atoms with Crippen molar-refractivity contribution in [3.63, 3.8) is 0 Å². The molecule has 0 spiro atoms. The second-order valence-electron chi connectivity index (χ2n) is 7.87. The minimum absolute atomic E-state index is 0.0664. The Bertz CT molecular complexity index is 1300. The molecule has 1 aliphatic heterocycles. The van der Waals surface area contributed by atoms with E-state index in [0.717, 1.165) is 35.1 Å². The number of nitrogens with one attached hydrogen (secondary N) is 1. The van der Waals surface area contributed by atoms with Crippen LogP contribution < -0.4 is 16.4 Å². The molecule has 0 radical (unpaired) electrons. The summed E-state index contributed by atoms with van der Waals surface area (Å²) in [5.74, 6) is -1.45. The number of primary amides is 1. The summed E-state index contributed by atoms with van der Waals surface area (Å²) >= 11 is 0. The lowest BCUT2D eigenvalue weighted by molar-refractivity contribution is -0.138. The Balaban J connectivity index is 2.35. The Hall–Kier alpha value is -4.37. The van der Waals surface area contributed by atoms with Gasteiger partial charge in [-0.15, -0.1) is 0 Å². The lowest BCUT2D eigenvalue weighted by Gasteiger charge is -2.43. The Kier molecular flexibility index (Phi) is 7.35. The highest BCUT2D eigenvalue weighted by Gasteiger charge is 2.44. The van der Waals surface area contributed by atoms with E-state index < -0.39 is 35.7 Å². The number of rotatable bonds is 5. The van der Waals surface area contributed by atoms with Crippen LogP contribution in [-0.2, 0) is 22.1 Å². The van der Waals surface area contributed by atoms with Crippen molar-refractivity contribution in [1.82, 2.24) is 4.90 Å². The smallest absolute Gasteiger partial charge is 0.416 e. The molecule has 0 aliphatic carbocycles. The number of esters is 1. The highest BCUT2D eigenvalue weighted by atomic mass is 19.4. The standard InChI is InChI=1S/C24H23F3N6O3/c1-13-19(21(34)36-2)20(18-7-6-14(12-29)10-15(18)8-9-28)33(23(31)35)22(30)32(13)17-5-3-4-16(11-17)24(25,26)27/h3-7,10-11,20,30H,8-9,28H2,1-2H3,(H2,31,35). The normalized spacial score (nSPS) is 16.1. The largest absolute Gasteiger partial charge is 0.466 e. The number of guanidine groups is 1. The number of nitrogens with zero attached hydrogens (tertiary/aromatic N) is 3. The topological polar surface area (TPSA) is 150 Å². The Morgan fingerprint density at radius 1 is 1.22 bits per heavy atom. The van der Waals surface area contributed by atoms with Crippen molar-refractivity contribution in [2.75, 3.05) is 18.6 Å². The van der Waals surface area contributed by atoms with Gasteiger partial charge < -0.3 is 16.2 Å². The molecule has 12 heteroatoms. The van der Waals surface area contributed by atoms with Gasteiger partial charge in [0.1, 0.15) is 6.04 Å². The number of carbonyl (C=O) groups excluding carboxylic acids is 2. The third-order valence-electron chi connectivity index (χ3n) is 5.75. The van der Waals surface area contributed by atoms with Crippen LogP contribution in [0.5, 0.6) is 0 Å². The molecule has 2 aromatic carbocycles. The van der Waals surface area contributed by atoms with Crippen LogP contribution in [0.3, 0.4) is 0 Å². The summed E-state index contributed by atoms with van der Waals surface area (Å²) in [6, 6.07) is 8.30. The first-order chi connectivity index (χ1) is 17.0. The lowest BCUT2D eigenvalue weighted by Crippen LogP contribution is -2.55. The molecule has 5 N–H and O–H groups in total. The molecule has 188 valence electrons. The number of alkyl halides is 3. The minimum atomic E-state index is -4.66. The molecule has 2 aromatic rings. The average molecular weight is 500 g/mol. The maximum Gasteiger partial charge on any atom is 0.416 e. The number of ether oxygens (including phenoxy) is 1. The number of methoxy groups -OCH3 is 1. The molecule has 3 rings (SSSR count). The number of benzene rings is 2. The van der Waals surface area contributed by atoms with Gasteiger partial charge in [-0.3, -0.25) is 15.2 Å². The van der Waals surface area contributed by atoms with Crippen LogP contribution in [0.4, 0.5) is 23.7 Å². The fourth-order valence-corrected chi connectivity index (χ4v) is 4.18. The van der Waals surface area contributed by atoms with Gasteiger partial charge in [0.05, 0.1) is 29.9 Å². The van der Waals surface area contributed by atoms with E-state index in [4.69, 9.17) is 21.6 Å². The van der Waals surface area contributed by atoms with Crippen LogP contribution in [0, 0.1) is 16.7 Å². The van der Waals surface area contributed by atoms with Crippen molar-refractivity contribution in [2.45, 2.75) is 25.6 Å². The van der Waals surface area contributed by atoms with Gasteiger partial charge in [0, 0.05) is 11.4 Å². The highest BCUT2D eigenvalue weighted by molar-refractivity contribution is 6.10. The molecule has 2 amide bonds. The van der Waals surface area contributed by atoms with Gasteiger partial charge >= 0.3 is 18.2 Å². The Labute approximate surface area is 204 Å². The SMILES string of the molecule is COC(=O)C1=C(C)N(c2cccc(C(F)(F)F)c2)C(=N)N(C(N)=O)C1c1ccc(C#N)cc1CCN. The number of nitriles is 1. The first kappa shape index (κ1) is 26.2. The van der Waals surface area contributed by atoms with Gasteiger partial charge in [-0.2, -0.15) is 18.4 Å². The number of carbonyl (C=O) groups is 2. The number of hydrogen-bond acceptors (Lipinski definition) is 6. The van der Waals surface area contributed by atoms with Crippen molar-refractivity contribution in [3.8, 4) is 6.07 Å². The number of hydrogen-bond donors (Lipinski definition) is 3. The van der Waals surface area contributed by atoms with Gasteiger partial charge in [0.25, 0.3) is 0 Å². The highest BCUT2D eigenvalue weighted by Crippen LogP contribution is 2.42. The number of amides is 2. The van der Waals surface area contributed by atoms with Gasteiger partial charge in [-0.1, -0.05) is 12.1 Å². The van der Waals surface area contributed by atoms with E-state index in [0.29, 0.717) is 16.7 Å². The van der Waals surface area contributed by atoms with Crippen molar-refractivity contribution in [2.24, 2.45) is 11.5 Å². The monoisotopic (exact) mass is 500 g/mol. The van der Waals surface area contributed by atoms with E-state index in [1.165, 1.54) is 25.1 Å². The maximum atomic E-state index is 13.4. The second kappa shape index (κ2) is 10.1. The quantitative estimate of drug-likeness (QED) is 0.536. The molecule has 1 unspecified atom stereocenters. The molecule has 0 saturated heterocycles. The average Bonchev–Trinajstić information content (AvgIpc) is 2.83. The number of anilines is 1. The van der Waals surface area contributed by atoms with Gasteiger partial charge in [0.15, 0.2) is 0 Å². The third-order valence-corrected chi connectivity index (χ3v) is 5.75. The van der Waals surface area contributed by atoms with E-state index in [-0.39, 0.29) is 29.9 Å². The summed E-state index contributed by atoms with van der Waals surface area (Å²) < 4.78 is 45.1. The fourth-order valence-electron chi connectivity index (χ4n) is 4.18. The Morgan fingerprint density at radius 2 is 1.92 bits per heavy atom. The molecule has 1 aliphatic rings. The summed E-state index contributed by atoms with van der Waals surface area (Å²) in [7, 11) is 1.11. The molecule has 0 bridgehead atoms. The molecule has 36 heavy (non-hydrogen) atoms. The van der Waals surface area contributed by atoms with Gasteiger partial charge in [-0.25, -0.2) is 9.59 Å². The maximum absolute atomic E-state index is 13.4. The lowest BCUT2D eigenvalue weighted by atomic mass is 9.88. The van der Waals surface area contributed by atoms with E-state index in [1.54, 1.807) is 6.07 Å². The third kappa shape index (κ3) is 4.73. The van der Waals surface area contributed by atoms with Crippen molar-refractivity contribution in [3.05, 3.63) is 76.0 Å². The summed E-state index contributed by atoms with van der Waals surface area (Å²) in [5, 5.41) is 18.1. The molecular weight excluding hydrogens is 477 g/mol. The zero-order valence-corrected chi connectivity index (χ0v) is 19.4. The number of allylic oxidation sites excluding steroid dienone is 1. The van der Waals surface area contributed by atoms with E-state index in [9.17, 15) is 28.0 Å². The Morgan fingerprint density at radius 3 is 2.47 bits per heavy atom. The van der Waals surface area contributed by atoms with Crippen LogP contribution in [0.2, 0.25) is 0 Å². The number of nitrogens with two attached hydrogens (primary N) is 2. The summed E-state index contributed by atoms with van der Waals surface area (Å²) in [5.41, 5.74) is 11.4. The van der Waals surface area contributed by atoms with Crippen LogP contribution in [0.15, 0.2) is 53.7 Å². The first-order valence-electron chi connectivity index (χ1n) is 10.6. The number of urea groups is 1. The minimum Gasteiger partial charge on any atom is -0.466 e. The predicted molar refractivity (Wildman–Crippen MR) is 124 cm³/mol. The molecule has 0 fully saturated rings. The molecule has 0 saturated carbocycles. The molecule has 1 heterocycles. The van der Waals surface area contributed by atoms with Crippen LogP contribution >= 0.6 is 0 Å². The van der Waals surface area contributed by atoms with Gasteiger partial charge in [-0.05, 0) is 61.3 Å². The fraction of sp³-hybridized carbons (Fsp3) is 0.250. The predicted octanol–water partition coefficient (Wildman–Crippen LogP) is 3.40. The van der Waals surface area contributed by atoms with Crippen LogP contribution in [-0.4, -0.2) is 36.5 Å². The van der Waals surface area contributed by atoms with Crippen LogP contribution in [0.25, 0.3) is 0 Å². The first-order valence-corrected chi connectivity index (χ1v) is 10.6. The van der Waals surface area contributed by atoms with Gasteiger partial charge in [0.2, 0.25) is 5.96 Å². The van der Waals surface area contributed by atoms with E-state index in [2.05, 4.69) is 0 Å². The molecule has 1 atom stereocenters. The molecule has 0 aromatic heterocycles.